The third-order valence-electron chi connectivity index (χ3n) is 2.31. The Morgan fingerprint density at radius 2 is 2.41 bits per heavy atom. The lowest BCUT2D eigenvalue weighted by Gasteiger charge is -2.07. The molecule has 1 amide bonds. The van der Waals surface area contributed by atoms with Crippen LogP contribution in [0.15, 0.2) is 30.7 Å². The first kappa shape index (κ1) is 11.4. The Bertz CT molecular complexity index is 507. The van der Waals surface area contributed by atoms with Crippen LogP contribution < -0.4 is 10.1 Å². The minimum absolute atomic E-state index is 0.0204. The standard InChI is InChI=1S/C12H15N3O2/c1-2-5-13-11(16)9-17-10-4-3-7-15-8-6-14-12(10)15/h3-4,6-8H,2,5,9H2,1H3,(H,13,16). The van der Waals surface area contributed by atoms with Crippen LogP contribution in [0.4, 0.5) is 0 Å². The quantitative estimate of drug-likeness (QED) is 0.845. The molecule has 0 aliphatic rings. The molecule has 0 spiro atoms. The normalized spacial score (nSPS) is 10.4. The van der Waals surface area contributed by atoms with Gasteiger partial charge in [0.2, 0.25) is 0 Å². The van der Waals surface area contributed by atoms with Gasteiger partial charge in [-0.2, -0.15) is 0 Å². The fraction of sp³-hybridized carbons (Fsp3) is 0.333. The molecule has 0 atom stereocenters. The average molecular weight is 233 g/mol. The second-order valence-corrected chi connectivity index (χ2v) is 3.67. The molecule has 0 unspecified atom stereocenters. The number of imidazole rings is 1. The highest BCUT2D eigenvalue weighted by atomic mass is 16.5. The van der Waals surface area contributed by atoms with Crippen LogP contribution in [0.5, 0.6) is 5.75 Å². The van der Waals surface area contributed by atoms with E-state index >= 15 is 0 Å². The van der Waals surface area contributed by atoms with Crippen molar-refractivity contribution in [1.29, 1.82) is 0 Å². The molecule has 0 aliphatic carbocycles. The Balaban J connectivity index is 1.99. The average Bonchev–Trinajstić information content (AvgIpc) is 2.82. The van der Waals surface area contributed by atoms with E-state index in [9.17, 15) is 4.79 Å². The van der Waals surface area contributed by atoms with Crippen molar-refractivity contribution in [3.63, 3.8) is 0 Å². The van der Waals surface area contributed by atoms with Gasteiger partial charge in [0.15, 0.2) is 18.0 Å². The summed E-state index contributed by atoms with van der Waals surface area (Å²) < 4.78 is 7.29. The van der Waals surface area contributed by atoms with Crippen LogP contribution in [0.2, 0.25) is 0 Å². The first-order valence-electron chi connectivity index (χ1n) is 5.62. The number of ether oxygens (including phenoxy) is 1. The Labute approximate surface area is 99.4 Å². The number of carbonyl (C=O) groups excluding carboxylic acids is 1. The number of amides is 1. The number of nitrogens with zero attached hydrogens (tertiary/aromatic N) is 2. The van der Waals surface area contributed by atoms with Crippen molar-refractivity contribution in [2.75, 3.05) is 13.2 Å². The summed E-state index contributed by atoms with van der Waals surface area (Å²) in [7, 11) is 0. The van der Waals surface area contributed by atoms with Gasteiger partial charge in [0.05, 0.1) is 0 Å². The van der Waals surface area contributed by atoms with E-state index in [1.54, 1.807) is 12.3 Å². The van der Waals surface area contributed by atoms with Crippen molar-refractivity contribution in [3.05, 3.63) is 30.7 Å². The maximum Gasteiger partial charge on any atom is 0.257 e. The van der Waals surface area contributed by atoms with E-state index in [0.29, 0.717) is 12.3 Å². The van der Waals surface area contributed by atoms with Gasteiger partial charge in [-0.1, -0.05) is 6.92 Å². The molecule has 0 radical (unpaired) electrons. The highest BCUT2D eigenvalue weighted by molar-refractivity contribution is 5.77. The molecule has 2 aromatic rings. The number of carbonyl (C=O) groups is 1. The van der Waals surface area contributed by atoms with Gasteiger partial charge in [0, 0.05) is 25.1 Å². The molecular formula is C12H15N3O2. The second kappa shape index (κ2) is 5.34. The van der Waals surface area contributed by atoms with Crippen molar-refractivity contribution in [2.24, 2.45) is 0 Å². The van der Waals surface area contributed by atoms with Gasteiger partial charge in [-0.25, -0.2) is 4.98 Å². The molecule has 2 heterocycles. The fourth-order valence-electron chi connectivity index (χ4n) is 1.49. The highest BCUT2D eigenvalue weighted by Crippen LogP contribution is 2.16. The number of pyridine rings is 1. The molecule has 0 aliphatic heterocycles. The van der Waals surface area contributed by atoms with E-state index in [4.69, 9.17) is 4.74 Å². The van der Waals surface area contributed by atoms with Crippen molar-refractivity contribution in [3.8, 4) is 5.75 Å². The molecule has 2 aromatic heterocycles. The van der Waals surface area contributed by atoms with Crippen molar-refractivity contribution >= 4 is 11.6 Å². The Kier molecular flexibility index (Phi) is 3.59. The smallest absolute Gasteiger partial charge is 0.257 e. The summed E-state index contributed by atoms with van der Waals surface area (Å²) in [6, 6.07) is 3.66. The molecule has 0 fully saturated rings. The molecule has 5 nitrogen and oxygen atoms in total. The van der Waals surface area contributed by atoms with E-state index in [-0.39, 0.29) is 12.5 Å². The third kappa shape index (κ3) is 2.75. The minimum Gasteiger partial charge on any atom is -0.480 e. The molecular weight excluding hydrogens is 218 g/mol. The SMILES string of the molecule is CCCNC(=O)COc1cccn2ccnc12. The zero-order valence-corrected chi connectivity index (χ0v) is 9.72. The lowest BCUT2D eigenvalue weighted by molar-refractivity contribution is -0.123. The number of hydrogen-bond acceptors (Lipinski definition) is 3. The van der Waals surface area contributed by atoms with Gasteiger partial charge in [-0.3, -0.25) is 4.79 Å². The Hall–Kier alpha value is -2.04. The zero-order chi connectivity index (χ0) is 12.1. The van der Waals surface area contributed by atoms with Crippen molar-refractivity contribution in [1.82, 2.24) is 14.7 Å². The van der Waals surface area contributed by atoms with Crippen molar-refractivity contribution in [2.45, 2.75) is 13.3 Å². The molecule has 5 heteroatoms. The van der Waals surface area contributed by atoms with Gasteiger partial charge in [-0.05, 0) is 18.6 Å². The molecule has 1 N–H and O–H groups in total. The molecule has 0 bridgehead atoms. The second-order valence-electron chi connectivity index (χ2n) is 3.67. The molecule has 0 saturated carbocycles. The van der Waals surface area contributed by atoms with E-state index in [1.807, 2.05) is 29.8 Å². The summed E-state index contributed by atoms with van der Waals surface area (Å²) in [4.78, 5) is 15.6. The molecule has 0 aromatic carbocycles. The third-order valence-corrected chi connectivity index (χ3v) is 2.31. The summed E-state index contributed by atoms with van der Waals surface area (Å²) in [5.74, 6) is 0.504. The van der Waals surface area contributed by atoms with E-state index < -0.39 is 0 Å². The predicted molar refractivity (Wildman–Crippen MR) is 64.0 cm³/mol. The molecule has 90 valence electrons. The van der Waals surface area contributed by atoms with Crippen LogP contribution in [-0.2, 0) is 4.79 Å². The lowest BCUT2D eigenvalue weighted by atomic mass is 10.4. The number of fused-ring (bicyclic) bond motifs is 1. The van der Waals surface area contributed by atoms with Crippen LogP contribution in [0.1, 0.15) is 13.3 Å². The summed E-state index contributed by atoms with van der Waals surface area (Å²) in [6.45, 7) is 2.70. The van der Waals surface area contributed by atoms with Crippen LogP contribution in [0, 0.1) is 0 Å². The van der Waals surface area contributed by atoms with Gasteiger partial charge in [0.1, 0.15) is 0 Å². The van der Waals surface area contributed by atoms with E-state index in [2.05, 4.69) is 10.3 Å². The maximum absolute atomic E-state index is 11.4. The topological polar surface area (TPSA) is 55.6 Å². The van der Waals surface area contributed by atoms with E-state index in [1.165, 1.54) is 0 Å². The first-order valence-corrected chi connectivity index (χ1v) is 5.62. The first-order chi connectivity index (χ1) is 8.31. The Morgan fingerprint density at radius 1 is 1.53 bits per heavy atom. The summed E-state index contributed by atoms with van der Waals surface area (Å²) >= 11 is 0. The Morgan fingerprint density at radius 3 is 3.24 bits per heavy atom. The predicted octanol–water partition coefficient (Wildman–Crippen LogP) is 1.24. The molecule has 17 heavy (non-hydrogen) atoms. The van der Waals surface area contributed by atoms with Crippen LogP contribution in [0.25, 0.3) is 5.65 Å². The number of nitrogens with one attached hydrogen (secondary N) is 1. The van der Waals surface area contributed by atoms with Crippen molar-refractivity contribution < 1.29 is 9.53 Å². The lowest BCUT2D eigenvalue weighted by Crippen LogP contribution is -2.29. The van der Waals surface area contributed by atoms with Crippen LogP contribution in [-0.4, -0.2) is 28.4 Å². The zero-order valence-electron chi connectivity index (χ0n) is 9.72. The van der Waals surface area contributed by atoms with E-state index in [0.717, 1.165) is 12.1 Å². The molecule has 2 rings (SSSR count). The van der Waals surface area contributed by atoms with Gasteiger partial charge in [-0.15, -0.1) is 0 Å². The number of hydrogen-bond donors (Lipinski definition) is 1. The van der Waals surface area contributed by atoms with Crippen LogP contribution in [0.3, 0.4) is 0 Å². The minimum atomic E-state index is -0.111. The maximum atomic E-state index is 11.4. The number of aromatic nitrogens is 2. The highest BCUT2D eigenvalue weighted by Gasteiger charge is 2.05. The van der Waals surface area contributed by atoms with Crippen LogP contribution >= 0.6 is 0 Å². The summed E-state index contributed by atoms with van der Waals surface area (Å²) in [5, 5.41) is 2.75. The molecule has 0 saturated heterocycles. The largest absolute Gasteiger partial charge is 0.480 e. The van der Waals surface area contributed by atoms with Gasteiger partial charge < -0.3 is 14.5 Å². The van der Waals surface area contributed by atoms with Gasteiger partial charge in [0.25, 0.3) is 5.91 Å². The summed E-state index contributed by atoms with van der Waals surface area (Å²) in [6.07, 6.45) is 6.33. The number of rotatable bonds is 5. The summed E-state index contributed by atoms with van der Waals surface area (Å²) in [5.41, 5.74) is 0.718. The van der Waals surface area contributed by atoms with Gasteiger partial charge >= 0.3 is 0 Å². The monoisotopic (exact) mass is 233 g/mol. The fourth-order valence-corrected chi connectivity index (χ4v) is 1.49.